The fourth-order valence-corrected chi connectivity index (χ4v) is 3.72. The maximum atomic E-state index is 12.7. The Balaban J connectivity index is 0.000000701. The third kappa shape index (κ3) is 3.72. The van der Waals surface area contributed by atoms with Crippen LogP contribution in [0.5, 0.6) is 0 Å². The molecule has 0 bridgehead atoms. The van der Waals surface area contributed by atoms with Crippen molar-refractivity contribution in [3.63, 3.8) is 0 Å². The molecule has 2 saturated heterocycles. The third-order valence-corrected chi connectivity index (χ3v) is 4.82. The Kier molecular flexibility index (Phi) is 5.95. The van der Waals surface area contributed by atoms with E-state index < -0.39 is 5.54 Å². The lowest BCUT2D eigenvalue weighted by Crippen LogP contribution is -2.61. The molecule has 2 amide bonds. The van der Waals surface area contributed by atoms with Crippen molar-refractivity contribution in [1.29, 1.82) is 0 Å². The zero-order chi connectivity index (χ0) is 18.4. The minimum absolute atomic E-state index is 0.00157. The zero-order valence-electron chi connectivity index (χ0n) is 14.3. The normalized spacial score (nSPS) is 22.5. The smallest absolute Gasteiger partial charge is 0.290 e. The monoisotopic (exact) mass is 349 g/mol. The minimum Gasteiger partial charge on any atom is -0.483 e. The van der Waals surface area contributed by atoms with Crippen molar-refractivity contribution in [3.8, 4) is 0 Å². The van der Waals surface area contributed by atoms with Crippen LogP contribution in [0.25, 0.3) is 0 Å². The first-order valence-corrected chi connectivity index (χ1v) is 8.25. The van der Waals surface area contributed by atoms with Crippen molar-refractivity contribution < 1.29 is 19.5 Å². The number of rotatable bonds is 2. The number of likely N-dealkylation sites (tertiary alicyclic amines) is 2. The van der Waals surface area contributed by atoms with Gasteiger partial charge in [0.15, 0.2) is 0 Å². The van der Waals surface area contributed by atoms with Crippen LogP contribution in [0.3, 0.4) is 0 Å². The molecule has 0 aliphatic carbocycles. The number of aromatic nitrogens is 1. The van der Waals surface area contributed by atoms with Crippen molar-refractivity contribution in [1.82, 2.24) is 14.4 Å². The van der Waals surface area contributed by atoms with E-state index in [2.05, 4.69) is 0 Å². The molecule has 1 aromatic heterocycles. The van der Waals surface area contributed by atoms with Crippen LogP contribution in [0.4, 0.5) is 0 Å². The van der Waals surface area contributed by atoms with E-state index in [0.29, 0.717) is 6.54 Å². The van der Waals surface area contributed by atoms with Crippen molar-refractivity contribution in [2.24, 2.45) is 0 Å². The summed E-state index contributed by atoms with van der Waals surface area (Å²) in [5.41, 5.74) is -0.876. The molecule has 3 rings (SSSR count). The van der Waals surface area contributed by atoms with E-state index in [4.69, 9.17) is 9.90 Å². The topological polar surface area (TPSA) is 99.9 Å². The van der Waals surface area contributed by atoms with Gasteiger partial charge < -0.3 is 19.5 Å². The van der Waals surface area contributed by atoms with E-state index in [0.717, 1.165) is 32.2 Å². The van der Waals surface area contributed by atoms with Gasteiger partial charge in [0.05, 0.1) is 0 Å². The molecule has 8 heteroatoms. The summed E-state index contributed by atoms with van der Waals surface area (Å²) in [6.45, 7) is 1.10. The average molecular weight is 349 g/mol. The zero-order valence-corrected chi connectivity index (χ0v) is 14.3. The molecule has 2 aliphatic rings. The SMILES string of the molecule is CN1CCCC2(CCCN2C(=O)Cn2ccccc2=O)C1=O.O=CO. The van der Waals surface area contributed by atoms with Crippen LogP contribution in [0.15, 0.2) is 29.2 Å². The van der Waals surface area contributed by atoms with Gasteiger partial charge in [0.25, 0.3) is 12.0 Å². The first-order chi connectivity index (χ1) is 12.0. The Bertz CT molecular complexity index is 702. The Labute approximate surface area is 145 Å². The van der Waals surface area contributed by atoms with Gasteiger partial charge in [0, 0.05) is 32.4 Å². The molecule has 0 radical (unpaired) electrons. The second-order valence-electron chi connectivity index (χ2n) is 6.28. The summed E-state index contributed by atoms with van der Waals surface area (Å²) >= 11 is 0. The van der Waals surface area contributed by atoms with Gasteiger partial charge in [-0.2, -0.15) is 0 Å². The summed E-state index contributed by atoms with van der Waals surface area (Å²) in [7, 11) is 1.80. The number of likely N-dealkylation sites (N-methyl/N-ethyl adjacent to an activating group) is 1. The summed E-state index contributed by atoms with van der Waals surface area (Å²) in [4.78, 5) is 48.9. The number of hydrogen-bond donors (Lipinski definition) is 1. The molecule has 0 aromatic carbocycles. The lowest BCUT2D eigenvalue weighted by molar-refractivity contribution is -0.154. The number of nitrogens with zero attached hydrogens (tertiary/aromatic N) is 3. The molecule has 1 atom stereocenters. The first kappa shape index (κ1) is 18.7. The van der Waals surface area contributed by atoms with Gasteiger partial charge in [-0.05, 0) is 31.7 Å². The van der Waals surface area contributed by atoms with Crippen LogP contribution < -0.4 is 5.56 Å². The van der Waals surface area contributed by atoms with Crippen LogP contribution in [0.2, 0.25) is 0 Å². The van der Waals surface area contributed by atoms with E-state index in [1.807, 2.05) is 0 Å². The highest BCUT2D eigenvalue weighted by Gasteiger charge is 2.51. The predicted octanol–water partition coefficient (Wildman–Crippen LogP) is 0.163. The quantitative estimate of drug-likeness (QED) is 0.767. The molecule has 1 unspecified atom stereocenters. The molecular formula is C17H23N3O5. The van der Waals surface area contributed by atoms with Crippen molar-refractivity contribution in [2.45, 2.75) is 37.8 Å². The highest BCUT2D eigenvalue weighted by molar-refractivity contribution is 5.92. The standard InChI is InChI=1S/C16H21N3O3.CH2O2/c1-17-9-4-7-16(15(17)22)8-5-11-19(16)14(21)12-18-10-3-2-6-13(18)20;2-1-3/h2-3,6,10H,4-5,7-9,11-12H2,1H3;1H,(H,2,3). The molecule has 0 saturated carbocycles. The van der Waals surface area contributed by atoms with Gasteiger partial charge in [-0.3, -0.25) is 19.2 Å². The molecule has 1 spiro atoms. The summed E-state index contributed by atoms with van der Waals surface area (Å²) in [5, 5.41) is 6.89. The number of amides is 2. The molecule has 136 valence electrons. The van der Waals surface area contributed by atoms with E-state index in [-0.39, 0.29) is 30.4 Å². The lowest BCUT2D eigenvalue weighted by Gasteiger charge is -2.43. The van der Waals surface area contributed by atoms with Crippen molar-refractivity contribution in [2.75, 3.05) is 20.1 Å². The maximum absolute atomic E-state index is 12.7. The van der Waals surface area contributed by atoms with Crippen LogP contribution in [-0.2, 0) is 20.9 Å². The molecule has 2 fully saturated rings. The molecular weight excluding hydrogens is 326 g/mol. The van der Waals surface area contributed by atoms with Crippen LogP contribution >= 0.6 is 0 Å². The van der Waals surface area contributed by atoms with Gasteiger partial charge in [-0.1, -0.05) is 6.07 Å². The summed E-state index contributed by atoms with van der Waals surface area (Å²) in [6, 6.07) is 4.82. The maximum Gasteiger partial charge on any atom is 0.290 e. The van der Waals surface area contributed by atoms with Gasteiger partial charge in [0.2, 0.25) is 11.8 Å². The Morgan fingerprint density at radius 1 is 1.24 bits per heavy atom. The lowest BCUT2D eigenvalue weighted by atomic mass is 9.85. The summed E-state index contributed by atoms with van der Waals surface area (Å²) in [5.74, 6) is -0.0977. The van der Waals surface area contributed by atoms with Gasteiger partial charge >= 0.3 is 0 Å². The number of pyridine rings is 1. The first-order valence-electron chi connectivity index (χ1n) is 8.25. The van der Waals surface area contributed by atoms with Crippen molar-refractivity contribution in [3.05, 3.63) is 34.7 Å². The van der Waals surface area contributed by atoms with Crippen LogP contribution in [-0.4, -0.2) is 63.4 Å². The molecule has 8 nitrogen and oxygen atoms in total. The Hall–Kier alpha value is -2.64. The van der Waals surface area contributed by atoms with E-state index in [1.54, 1.807) is 35.2 Å². The number of carboxylic acid groups (broad SMARTS) is 1. The van der Waals surface area contributed by atoms with Crippen LogP contribution in [0.1, 0.15) is 25.7 Å². The number of hydrogen-bond acceptors (Lipinski definition) is 4. The highest BCUT2D eigenvalue weighted by atomic mass is 16.3. The molecule has 25 heavy (non-hydrogen) atoms. The summed E-state index contributed by atoms with van der Waals surface area (Å²) in [6.07, 6.45) is 4.82. The largest absolute Gasteiger partial charge is 0.483 e. The highest BCUT2D eigenvalue weighted by Crippen LogP contribution is 2.37. The number of carbonyl (C=O) groups excluding carboxylic acids is 2. The summed E-state index contributed by atoms with van der Waals surface area (Å²) < 4.78 is 1.39. The van der Waals surface area contributed by atoms with Gasteiger partial charge in [-0.25, -0.2) is 0 Å². The molecule has 1 N–H and O–H groups in total. The number of piperidine rings is 1. The molecule has 2 aliphatic heterocycles. The third-order valence-electron chi connectivity index (χ3n) is 4.82. The Morgan fingerprint density at radius 3 is 2.52 bits per heavy atom. The van der Waals surface area contributed by atoms with Gasteiger partial charge in [-0.15, -0.1) is 0 Å². The molecule has 1 aromatic rings. The van der Waals surface area contributed by atoms with E-state index >= 15 is 0 Å². The van der Waals surface area contributed by atoms with Crippen molar-refractivity contribution >= 4 is 18.3 Å². The van der Waals surface area contributed by atoms with E-state index in [1.165, 1.54) is 10.6 Å². The average Bonchev–Trinajstić information content (AvgIpc) is 3.00. The fourth-order valence-electron chi connectivity index (χ4n) is 3.72. The second-order valence-corrected chi connectivity index (χ2v) is 6.28. The minimum atomic E-state index is -0.678. The number of carbonyl (C=O) groups is 3. The predicted molar refractivity (Wildman–Crippen MR) is 89.9 cm³/mol. The van der Waals surface area contributed by atoms with E-state index in [9.17, 15) is 14.4 Å². The fraction of sp³-hybridized carbons (Fsp3) is 0.529. The molecule has 3 heterocycles. The second kappa shape index (κ2) is 7.96. The van der Waals surface area contributed by atoms with Gasteiger partial charge in [0.1, 0.15) is 12.1 Å². The van der Waals surface area contributed by atoms with Crippen LogP contribution in [0, 0.1) is 0 Å². The Morgan fingerprint density at radius 2 is 1.88 bits per heavy atom.